The predicted molar refractivity (Wildman–Crippen MR) is 105 cm³/mol. The summed E-state index contributed by atoms with van der Waals surface area (Å²) in [6.07, 6.45) is 0. The van der Waals surface area contributed by atoms with Crippen molar-refractivity contribution in [2.24, 2.45) is 0 Å². The van der Waals surface area contributed by atoms with Crippen LogP contribution in [-0.2, 0) is 0 Å². The zero-order chi connectivity index (χ0) is 15.8. The van der Waals surface area contributed by atoms with E-state index in [-0.39, 0.29) is 19.4 Å². The number of hydrogen-bond donors (Lipinski definition) is 0. The van der Waals surface area contributed by atoms with Gasteiger partial charge in [0.25, 0.3) is 0 Å². The summed E-state index contributed by atoms with van der Waals surface area (Å²) in [4.78, 5) is 0. The maximum Gasteiger partial charge on any atom is 0.125 e. The average molecular weight is 329 g/mol. The van der Waals surface area contributed by atoms with Gasteiger partial charge < -0.3 is 9.13 Å². The van der Waals surface area contributed by atoms with Gasteiger partial charge in [-0.1, -0.05) is 43.3 Å². The second-order valence-electron chi connectivity index (χ2n) is 5.85. The largest absolute Gasteiger partial charge is 0.403 e. The van der Waals surface area contributed by atoms with E-state index in [2.05, 4.69) is 90.6 Å². The monoisotopic (exact) mass is 328 g/mol. The Bertz CT molecular complexity index is 484. The van der Waals surface area contributed by atoms with Crippen LogP contribution < -0.4 is 9.13 Å². The normalized spacial score (nSPS) is 13.0. The molecule has 0 unspecified atom stereocenters. The van der Waals surface area contributed by atoms with E-state index in [4.69, 9.17) is 0 Å². The summed E-state index contributed by atoms with van der Waals surface area (Å²) in [5, 5.41) is 0.889. The summed E-state index contributed by atoms with van der Waals surface area (Å²) in [6, 6.07) is 21.8. The van der Waals surface area contributed by atoms with Gasteiger partial charge in [-0.05, 0) is 43.3 Å². The molecule has 22 heavy (non-hydrogen) atoms. The minimum absolute atomic E-state index is 0.252. The smallest absolute Gasteiger partial charge is 0.125 e. The molecule has 0 aromatic heterocycles. The van der Waals surface area contributed by atoms with Crippen LogP contribution in [-0.4, -0.2) is 32.5 Å². The molecule has 2 aromatic carbocycles. The number of hydrogen-bond acceptors (Lipinski definition) is 2. The van der Waals surface area contributed by atoms with Crippen LogP contribution in [0.25, 0.3) is 0 Å². The van der Waals surface area contributed by atoms with Gasteiger partial charge in [-0.2, -0.15) is 0 Å². The van der Waals surface area contributed by atoms with Crippen LogP contribution in [0.5, 0.6) is 0 Å². The Morgan fingerprint density at radius 1 is 0.727 bits per heavy atom. The lowest BCUT2D eigenvalue weighted by molar-refractivity contribution is 1.04. The van der Waals surface area contributed by atoms with Crippen molar-refractivity contribution in [3.8, 4) is 0 Å². The third kappa shape index (κ3) is 4.75. The third-order valence-corrected chi connectivity index (χ3v) is 9.37. The van der Waals surface area contributed by atoms with Crippen LogP contribution in [0.3, 0.4) is 0 Å². The first-order valence-corrected chi connectivity index (χ1v) is 11.2. The van der Waals surface area contributed by atoms with E-state index in [9.17, 15) is 0 Å². The Morgan fingerprint density at radius 2 is 1.09 bits per heavy atom. The quantitative estimate of drug-likeness (QED) is 0.688. The summed E-state index contributed by atoms with van der Waals surface area (Å²) < 4.78 is 5.27. The Morgan fingerprint density at radius 3 is 1.41 bits per heavy atom. The molecule has 0 aliphatic carbocycles. The summed E-state index contributed by atoms with van der Waals surface area (Å²) in [6.45, 7) is 9.29. The first kappa shape index (κ1) is 16.8. The van der Waals surface area contributed by atoms with Crippen molar-refractivity contribution >= 4 is 30.7 Å². The Labute approximate surface area is 140 Å². The number of anilines is 2. The zero-order valence-electron chi connectivity index (χ0n) is 14.1. The van der Waals surface area contributed by atoms with Crippen LogP contribution in [0.1, 0.15) is 20.8 Å². The maximum atomic E-state index is 2.64. The van der Waals surface area contributed by atoms with Crippen molar-refractivity contribution in [1.29, 1.82) is 0 Å². The molecule has 2 rings (SSSR count). The van der Waals surface area contributed by atoms with Gasteiger partial charge in [0, 0.05) is 24.5 Å². The molecule has 0 spiro atoms. The fourth-order valence-corrected chi connectivity index (χ4v) is 8.12. The molecule has 0 radical (unpaired) electrons. The lowest BCUT2D eigenvalue weighted by Gasteiger charge is -2.30. The van der Waals surface area contributed by atoms with Crippen molar-refractivity contribution in [2.75, 3.05) is 22.2 Å². The first-order chi connectivity index (χ1) is 10.7. The summed E-state index contributed by atoms with van der Waals surface area (Å²) in [7, 11) is -0.504. The average Bonchev–Trinajstić information content (AvgIpc) is 2.59. The standard InChI is InChI=1S/C18H28N2Si2/c1-4-19(17-12-8-6-9-13-17)21-16(3)22-20(5-2)18-14-10-7-11-15-18/h6-16H,4-5,21-22H2,1-3H3. The Kier molecular flexibility index (Phi) is 6.74. The maximum absolute atomic E-state index is 2.64. The minimum atomic E-state index is -0.252. The number of nitrogens with zero attached hydrogens (tertiary/aromatic N) is 2. The highest BCUT2D eigenvalue weighted by Gasteiger charge is 2.15. The summed E-state index contributed by atoms with van der Waals surface area (Å²) in [5.74, 6) is 0. The molecule has 0 N–H and O–H groups in total. The van der Waals surface area contributed by atoms with E-state index in [1.165, 1.54) is 11.4 Å². The molecule has 0 atom stereocenters. The molecule has 0 saturated heterocycles. The third-order valence-electron chi connectivity index (χ3n) is 4.07. The molecule has 0 amide bonds. The van der Waals surface area contributed by atoms with Crippen LogP contribution in [0, 0.1) is 0 Å². The molecule has 2 nitrogen and oxygen atoms in total. The highest BCUT2D eigenvalue weighted by atomic mass is 28.3. The molecule has 0 aliphatic rings. The number of rotatable bonds is 8. The first-order valence-electron chi connectivity index (χ1n) is 8.34. The highest BCUT2D eigenvalue weighted by Crippen LogP contribution is 2.18. The molecule has 0 heterocycles. The fourth-order valence-electron chi connectivity index (χ4n) is 2.92. The SMILES string of the molecule is CCN([SiH2]C(C)[SiH2]N(CC)c1ccccc1)c1ccccc1. The fraction of sp³-hybridized carbons (Fsp3) is 0.333. The molecule has 2 aromatic rings. The van der Waals surface area contributed by atoms with Crippen LogP contribution in [0.4, 0.5) is 11.4 Å². The molecular formula is C18H28N2Si2. The van der Waals surface area contributed by atoms with Gasteiger partial charge in [0.15, 0.2) is 0 Å². The van der Waals surface area contributed by atoms with Gasteiger partial charge >= 0.3 is 0 Å². The van der Waals surface area contributed by atoms with Crippen molar-refractivity contribution in [1.82, 2.24) is 0 Å². The second-order valence-corrected chi connectivity index (χ2v) is 12.1. The van der Waals surface area contributed by atoms with E-state index in [1.54, 1.807) is 0 Å². The number of para-hydroxylation sites is 2. The molecular weight excluding hydrogens is 300 g/mol. The topological polar surface area (TPSA) is 6.48 Å². The van der Waals surface area contributed by atoms with E-state index in [0.717, 1.165) is 18.3 Å². The van der Waals surface area contributed by atoms with E-state index in [1.807, 2.05) is 0 Å². The van der Waals surface area contributed by atoms with Crippen LogP contribution in [0.15, 0.2) is 60.7 Å². The van der Waals surface area contributed by atoms with Gasteiger partial charge in [-0.25, -0.2) is 0 Å². The van der Waals surface area contributed by atoms with Crippen molar-refractivity contribution in [3.05, 3.63) is 60.7 Å². The van der Waals surface area contributed by atoms with E-state index in [0.29, 0.717) is 0 Å². The Balaban J connectivity index is 1.97. The van der Waals surface area contributed by atoms with E-state index < -0.39 is 0 Å². The minimum Gasteiger partial charge on any atom is -0.403 e. The van der Waals surface area contributed by atoms with Gasteiger partial charge in [-0.3, -0.25) is 0 Å². The van der Waals surface area contributed by atoms with Crippen molar-refractivity contribution in [3.63, 3.8) is 0 Å². The zero-order valence-corrected chi connectivity index (χ0v) is 16.9. The summed E-state index contributed by atoms with van der Waals surface area (Å²) >= 11 is 0. The molecule has 4 heteroatoms. The van der Waals surface area contributed by atoms with Crippen LogP contribution >= 0.6 is 0 Å². The number of benzene rings is 2. The molecule has 0 bridgehead atoms. The van der Waals surface area contributed by atoms with Gasteiger partial charge in [0.1, 0.15) is 19.4 Å². The van der Waals surface area contributed by atoms with Crippen LogP contribution in [0.2, 0.25) is 5.16 Å². The van der Waals surface area contributed by atoms with Gasteiger partial charge in [0.05, 0.1) is 0 Å². The molecule has 0 saturated carbocycles. The van der Waals surface area contributed by atoms with Crippen molar-refractivity contribution in [2.45, 2.75) is 25.9 Å². The molecule has 118 valence electrons. The lowest BCUT2D eigenvalue weighted by atomic mass is 10.3. The molecule has 0 aliphatic heterocycles. The van der Waals surface area contributed by atoms with Gasteiger partial charge in [-0.15, -0.1) is 0 Å². The lowest BCUT2D eigenvalue weighted by Crippen LogP contribution is -2.38. The van der Waals surface area contributed by atoms with Crippen molar-refractivity contribution < 1.29 is 0 Å². The van der Waals surface area contributed by atoms with Gasteiger partial charge in [0.2, 0.25) is 0 Å². The second kappa shape index (κ2) is 8.80. The van der Waals surface area contributed by atoms with E-state index >= 15 is 0 Å². The highest BCUT2D eigenvalue weighted by molar-refractivity contribution is 6.63. The predicted octanol–water partition coefficient (Wildman–Crippen LogP) is 2.97. The summed E-state index contributed by atoms with van der Waals surface area (Å²) in [5.41, 5.74) is 2.81. The Hall–Kier alpha value is -1.53. The molecule has 0 fully saturated rings.